The summed E-state index contributed by atoms with van der Waals surface area (Å²) in [5.74, 6) is 0. The highest BCUT2D eigenvalue weighted by Gasteiger charge is 2.20. The van der Waals surface area contributed by atoms with Gasteiger partial charge in [-0.2, -0.15) is 0 Å². The summed E-state index contributed by atoms with van der Waals surface area (Å²) in [5.41, 5.74) is 2.94. The van der Waals surface area contributed by atoms with Gasteiger partial charge in [-0.3, -0.25) is 0 Å². The normalized spacial score (nSPS) is 11.7. The topological polar surface area (TPSA) is 63.2 Å². The lowest BCUT2D eigenvalue weighted by atomic mass is 10.1. The van der Waals surface area contributed by atoms with Gasteiger partial charge >= 0.3 is 0 Å². The van der Waals surface area contributed by atoms with Crippen molar-refractivity contribution >= 4 is 7.91 Å². The van der Waals surface area contributed by atoms with Crippen molar-refractivity contribution < 1.29 is 27.5 Å². The molecule has 2 aromatic carbocycles. The molecule has 0 spiro atoms. The first kappa shape index (κ1) is 33.4. The van der Waals surface area contributed by atoms with Crippen molar-refractivity contribution in [2.75, 3.05) is 52.4 Å². The summed E-state index contributed by atoms with van der Waals surface area (Å²) in [4.78, 5) is 16.9. The molecule has 0 aliphatic heterocycles. The van der Waals surface area contributed by atoms with Gasteiger partial charge in [0.2, 0.25) is 0 Å². The van der Waals surface area contributed by atoms with Crippen LogP contribution < -0.4 is 9.79 Å². The van der Waals surface area contributed by atoms with Gasteiger partial charge in [0.1, 0.15) is 7.91 Å². The first-order valence-corrected chi connectivity index (χ1v) is 14.5. The molecule has 0 radical (unpaired) electrons. The maximum absolute atomic E-state index is 10.1. The lowest BCUT2D eigenvalue weighted by Gasteiger charge is -2.35. The van der Waals surface area contributed by atoms with Crippen LogP contribution in [0.3, 0.4) is 0 Å². The minimum Gasteiger partial charge on any atom is -0.786 e. The molecule has 0 amide bonds. The van der Waals surface area contributed by atoms with Crippen LogP contribution in [0.2, 0.25) is 0 Å². The van der Waals surface area contributed by atoms with Gasteiger partial charge < -0.3 is 23.3 Å². The van der Waals surface area contributed by atoms with Gasteiger partial charge in [-0.05, 0) is 52.7 Å². The molecular formula is C28H48FN2O3P. The summed E-state index contributed by atoms with van der Waals surface area (Å²) >= 11 is 0. The van der Waals surface area contributed by atoms with E-state index in [0.29, 0.717) is 0 Å². The molecule has 5 nitrogen and oxygen atoms in total. The molecule has 7 heteroatoms. The Morgan fingerprint density at radius 2 is 0.829 bits per heavy atom. The maximum atomic E-state index is 10.1. The lowest BCUT2D eigenvalue weighted by molar-refractivity contribution is -0.923. The van der Waals surface area contributed by atoms with E-state index in [1.807, 2.05) is 0 Å². The predicted molar refractivity (Wildman–Crippen MR) is 143 cm³/mol. The highest BCUT2D eigenvalue weighted by atomic mass is 31.2. The second-order valence-corrected chi connectivity index (χ2v) is 9.79. The molecule has 200 valence electrons. The van der Waals surface area contributed by atoms with Gasteiger partial charge in [-0.25, -0.2) is 4.20 Å². The summed E-state index contributed by atoms with van der Waals surface area (Å²) in [6.07, 6.45) is 2.41. The second-order valence-electron chi connectivity index (χ2n) is 8.93. The van der Waals surface area contributed by atoms with Crippen LogP contribution in [0, 0.1) is 0 Å². The zero-order chi connectivity index (χ0) is 26.8. The molecule has 0 aromatic heterocycles. The standard InChI is InChI=1S/2C14H24N.FH2O3P/c2*1-4-15(5-2,6-3)13-12-14-10-8-7-9-11-14;1-5(2,3)4/h2*7-11H,4-6,12-13H2,1-3H3;(H2,2,3,4)/q2*+1;/p-2. The van der Waals surface area contributed by atoms with Crippen LogP contribution in [0.15, 0.2) is 60.7 Å². The molecule has 0 N–H and O–H groups in total. The Hall–Kier alpha value is -1.56. The molecule has 0 heterocycles. The third-order valence-corrected chi connectivity index (χ3v) is 7.46. The summed E-state index contributed by atoms with van der Waals surface area (Å²) < 4.78 is 21.1. The summed E-state index contributed by atoms with van der Waals surface area (Å²) in [6, 6.07) is 21.6. The number of likely N-dealkylation sites (N-methyl/N-ethyl adjacent to an activating group) is 2. The molecule has 2 rings (SSSR count). The Kier molecular flexibility index (Phi) is 17.0. The smallest absolute Gasteiger partial charge is 0.110 e. The largest absolute Gasteiger partial charge is 0.786 e. The molecule has 0 fully saturated rings. The fourth-order valence-corrected chi connectivity index (χ4v) is 4.31. The third-order valence-electron chi connectivity index (χ3n) is 7.46. The van der Waals surface area contributed by atoms with Crippen LogP contribution in [0.1, 0.15) is 52.7 Å². The van der Waals surface area contributed by atoms with Gasteiger partial charge in [0.25, 0.3) is 0 Å². The van der Waals surface area contributed by atoms with E-state index in [-0.39, 0.29) is 0 Å². The molecule has 0 aliphatic carbocycles. The fourth-order valence-electron chi connectivity index (χ4n) is 4.31. The number of nitrogens with zero attached hydrogens (tertiary/aromatic N) is 2. The Balaban J connectivity index is 0.000000555. The zero-order valence-electron chi connectivity index (χ0n) is 22.8. The van der Waals surface area contributed by atoms with Crippen molar-refractivity contribution in [1.82, 2.24) is 0 Å². The van der Waals surface area contributed by atoms with Crippen LogP contribution in [0.4, 0.5) is 4.20 Å². The lowest BCUT2D eigenvalue weighted by Crippen LogP contribution is -2.48. The minimum atomic E-state index is -5.64. The van der Waals surface area contributed by atoms with Gasteiger partial charge in [-0.15, -0.1) is 0 Å². The molecule has 0 atom stereocenters. The van der Waals surface area contributed by atoms with Gasteiger partial charge in [0, 0.05) is 12.8 Å². The van der Waals surface area contributed by atoms with E-state index in [0.717, 1.165) is 0 Å². The molecule has 0 bridgehead atoms. The average Bonchev–Trinajstić information content (AvgIpc) is 2.87. The Labute approximate surface area is 214 Å². The first-order valence-electron chi connectivity index (χ1n) is 13.0. The molecule has 0 unspecified atom stereocenters. The maximum Gasteiger partial charge on any atom is 0.110 e. The van der Waals surface area contributed by atoms with Gasteiger partial charge in [0.15, 0.2) is 0 Å². The van der Waals surface area contributed by atoms with Crippen molar-refractivity contribution in [3.05, 3.63) is 71.8 Å². The van der Waals surface area contributed by atoms with E-state index in [2.05, 4.69) is 102 Å². The SMILES string of the molecule is CC[N+](CC)(CC)CCc1ccccc1.CC[N+](CC)(CC)CCc1ccccc1.O=P([O-])([O-])F. The van der Waals surface area contributed by atoms with Gasteiger partial charge in [0.05, 0.1) is 52.4 Å². The second kappa shape index (κ2) is 17.8. The Morgan fingerprint density at radius 1 is 0.600 bits per heavy atom. The fraction of sp³-hybridized carbons (Fsp3) is 0.571. The van der Waals surface area contributed by atoms with Crippen molar-refractivity contribution in [2.24, 2.45) is 0 Å². The number of hydrogen-bond acceptors (Lipinski definition) is 3. The number of rotatable bonds is 12. The Morgan fingerprint density at radius 3 is 1.03 bits per heavy atom. The molecule has 35 heavy (non-hydrogen) atoms. The number of halogens is 1. The van der Waals surface area contributed by atoms with Crippen LogP contribution in [-0.4, -0.2) is 61.3 Å². The summed E-state index contributed by atoms with van der Waals surface area (Å²) in [7, 11) is -5.64. The molecule has 0 saturated carbocycles. The highest BCUT2D eigenvalue weighted by molar-refractivity contribution is 7.42. The van der Waals surface area contributed by atoms with E-state index in [9.17, 15) is 4.20 Å². The van der Waals surface area contributed by atoms with Crippen LogP contribution in [0.25, 0.3) is 0 Å². The highest BCUT2D eigenvalue weighted by Crippen LogP contribution is 2.22. The van der Waals surface area contributed by atoms with E-state index in [1.54, 1.807) is 0 Å². The molecular weight excluding hydrogens is 462 g/mol. The van der Waals surface area contributed by atoms with E-state index >= 15 is 0 Å². The van der Waals surface area contributed by atoms with Crippen molar-refractivity contribution in [2.45, 2.75) is 54.4 Å². The molecule has 2 aromatic rings. The Bertz CT molecular complexity index is 723. The predicted octanol–water partition coefficient (Wildman–Crippen LogP) is 5.00. The molecule has 0 aliphatic rings. The molecule has 0 saturated heterocycles. The number of quaternary nitrogens is 2. The summed E-state index contributed by atoms with van der Waals surface area (Å²) in [5, 5.41) is 0. The van der Waals surface area contributed by atoms with E-state index in [1.165, 1.54) is 85.3 Å². The van der Waals surface area contributed by atoms with E-state index < -0.39 is 7.91 Å². The van der Waals surface area contributed by atoms with Crippen LogP contribution in [-0.2, 0) is 17.4 Å². The quantitative estimate of drug-likeness (QED) is 0.298. The zero-order valence-corrected chi connectivity index (χ0v) is 23.7. The first-order chi connectivity index (χ1) is 16.5. The number of hydrogen-bond donors (Lipinski definition) is 0. The van der Waals surface area contributed by atoms with Crippen molar-refractivity contribution in [1.29, 1.82) is 0 Å². The average molecular weight is 511 g/mol. The van der Waals surface area contributed by atoms with Crippen LogP contribution >= 0.6 is 7.91 Å². The minimum absolute atomic E-state index is 1.20. The van der Waals surface area contributed by atoms with Gasteiger partial charge in [-0.1, -0.05) is 60.7 Å². The third kappa shape index (κ3) is 15.2. The monoisotopic (exact) mass is 510 g/mol. The summed E-state index contributed by atoms with van der Waals surface area (Å²) in [6.45, 7) is 23.9. The van der Waals surface area contributed by atoms with Crippen molar-refractivity contribution in [3.63, 3.8) is 0 Å². The van der Waals surface area contributed by atoms with E-state index in [4.69, 9.17) is 14.4 Å². The van der Waals surface area contributed by atoms with Crippen LogP contribution in [0.5, 0.6) is 0 Å². The van der Waals surface area contributed by atoms with Crippen molar-refractivity contribution in [3.8, 4) is 0 Å². The number of benzene rings is 2.